The van der Waals surface area contributed by atoms with E-state index in [2.05, 4.69) is 0 Å². The van der Waals surface area contributed by atoms with Gasteiger partial charge < -0.3 is 97.7 Å². The van der Waals surface area contributed by atoms with Gasteiger partial charge in [0, 0.05) is 61.7 Å². The van der Waals surface area contributed by atoms with Crippen LogP contribution in [-0.2, 0) is 52.1 Å². The van der Waals surface area contributed by atoms with Crippen molar-refractivity contribution in [2.75, 3.05) is 0 Å². The molecule has 8 N–H and O–H groups in total. The average Bonchev–Trinajstić information content (AvgIpc) is 3.41. The molecule has 23 atom stereocenters. The van der Waals surface area contributed by atoms with Gasteiger partial charge in [0.2, 0.25) is 6.29 Å². The van der Waals surface area contributed by atoms with Crippen LogP contribution in [-0.4, -0.2) is 188 Å². The molecule has 0 amide bonds. The van der Waals surface area contributed by atoms with Crippen molar-refractivity contribution < 1.29 is 107 Å². The highest BCUT2D eigenvalue weighted by molar-refractivity contribution is 6.42. The number of aryl methyl sites for hydroxylation is 1. The number of Topliss-reactive ketones (excluding diaryl/α,β-unsaturated/α-hetero) is 2. The molecule has 77 heavy (non-hydrogen) atoms. The lowest BCUT2D eigenvalue weighted by Crippen LogP contribution is -2.56. The van der Waals surface area contributed by atoms with Crippen LogP contribution in [0.5, 0.6) is 17.2 Å². The topological polar surface area (TPSA) is 307 Å². The van der Waals surface area contributed by atoms with Crippen molar-refractivity contribution in [2.45, 2.75) is 248 Å². The third-order valence-corrected chi connectivity index (χ3v) is 16.3. The molecule has 6 aliphatic heterocycles. The van der Waals surface area contributed by atoms with Crippen LogP contribution in [0.3, 0.4) is 0 Å². The molecule has 6 unspecified atom stereocenters. The molecule has 426 valence electrons. The first-order valence-electron chi connectivity index (χ1n) is 27.1. The third kappa shape index (κ3) is 11.6. The molecule has 2 aliphatic carbocycles. The van der Waals surface area contributed by atoms with Crippen LogP contribution in [0, 0.1) is 6.92 Å². The van der Waals surface area contributed by atoms with Gasteiger partial charge in [-0.15, -0.1) is 0 Å². The van der Waals surface area contributed by atoms with Crippen molar-refractivity contribution in [3.8, 4) is 17.2 Å². The lowest BCUT2D eigenvalue weighted by molar-refractivity contribution is -0.340. The van der Waals surface area contributed by atoms with Crippen molar-refractivity contribution in [2.24, 2.45) is 0 Å². The largest absolute Gasteiger partial charge is 0.507 e. The summed E-state index contributed by atoms with van der Waals surface area (Å²) in [6, 6.07) is 5.62. The number of rotatable bonds is 12. The van der Waals surface area contributed by atoms with Gasteiger partial charge in [0.1, 0.15) is 41.7 Å². The number of carbonyl (C=O) groups excluding carboxylic acids is 2. The summed E-state index contributed by atoms with van der Waals surface area (Å²) < 4.78 is 74.1. The predicted molar refractivity (Wildman–Crippen MR) is 264 cm³/mol. The molecule has 0 saturated carbocycles. The van der Waals surface area contributed by atoms with Gasteiger partial charge in [0.25, 0.3) is 0 Å². The summed E-state index contributed by atoms with van der Waals surface area (Å²) in [4.78, 5) is 28.3. The number of fused-ring (bicyclic) bond motifs is 3. The third-order valence-electron chi connectivity index (χ3n) is 16.3. The maximum atomic E-state index is 14.2. The van der Waals surface area contributed by atoms with Crippen LogP contribution < -0.4 is 4.74 Å². The highest BCUT2D eigenvalue weighted by atomic mass is 16.8. The Morgan fingerprint density at radius 2 is 1.00 bits per heavy atom. The zero-order valence-electron chi connectivity index (χ0n) is 44.2. The monoisotopic (exact) mass is 1090 g/mol. The summed E-state index contributed by atoms with van der Waals surface area (Å²) >= 11 is 0. The lowest BCUT2D eigenvalue weighted by atomic mass is 9.73. The molecule has 8 aliphatic rings. The number of aliphatic hydroxyl groups excluding tert-OH is 6. The number of benzene rings is 2. The Balaban J connectivity index is 0.698. The minimum absolute atomic E-state index is 0.0289. The van der Waals surface area contributed by atoms with Gasteiger partial charge in [-0.25, -0.2) is 0 Å². The van der Waals surface area contributed by atoms with Crippen molar-refractivity contribution >= 4 is 17.1 Å². The fourth-order valence-electron chi connectivity index (χ4n) is 12.1. The summed E-state index contributed by atoms with van der Waals surface area (Å²) in [6.45, 7) is 12.2. The van der Waals surface area contributed by atoms with E-state index in [9.17, 15) is 50.4 Å². The second-order valence-electron chi connectivity index (χ2n) is 22.1. The van der Waals surface area contributed by atoms with Crippen molar-refractivity contribution in [3.63, 3.8) is 0 Å². The van der Waals surface area contributed by atoms with E-state index in [-0.39, 0.29) is 71.4 Å². The standard InChI is InChI=1S/C55H74O22/c1-21-14-28-32(58)16-29-47(46(28)33(59)15-21)53(65)48-31(57)8-10-37(49(48)52(29)64)73-43-18-35(61)55(27(7)71-43)77-45-20-39(51(63)25(5)69-45)75-41-13-11-36(23(3)67-41)72-42-17-34(60)54(26(6)70-42)76-44-19-38(50(62)24(4)68-44)74-40-12-9-30(56)22(2)66-40/h8,10,14-15,22-27,30,32,34-36,38-45,50-51,54-63H,9,11-13,16-20H2,1-7H3/t22?,23?,24?,25?,26?,27?,30-,32-,34+,35+,36-,38+,39+,40-,41-,42-,43-,44-,45-,50+,51+,54+,55+/m0/s1. The summed E-state index contributed by atoms with van der Waals surface area (Å²) in [7, 11) is 0. The predicted octanol–water partition coefficient (Wildman–Crippen LogP) is 3.38. The number of phenols is 2. The minimum atomic E-state index is -1.18. The van der Waals surface area contributed by atoms with E-state index in [1.54, 1.807) is 47.6 Å². The van der Waals surface area contributed by atoms with Crippen LogP contribution in [0.4, 0.5) is 0 Å². The Kier molecular flexibility index (Phi) is 16.9. The van der Waals surface area contributed by atoms with Gasteiger partial charge in [-0.2, -0.15) is 0 Å². The molecule has 2 aromatic carbocycles. The Hall–Kier alpha value is -3.76. The fraction of sp³-hybridized carbons (Fsp3) is 0.709. The van der Waals surface area contributed by atoms with Gasteiger partial charge in [0.15, 0.2) is 43.0 Å². The van der Waals surface area contributed by atoms with Gasteiger partial charge >= 0.3 is 0 Å². The number of hydrogen-bond acceptors (Lipinski definition) is 22. The molecular weight excluding hydrogens is 1010 g/mol. The van der Waals surface area contributed by atoms with Gasteiger partial charge in [-0.05, 0) is 90.6 Å². The average molecular weight is 1090 g/mol. The lowest BCUT2D eigenvalue weighted by Gasteiger charge is -2.45. The maximum absolute atomic E-state index is 14.2. The van der Waals surface area contributed by atoms with Crippen molar-refractivity contribution in [1.29, 1.82) is 0 Å². The van der Waals surface area contributed by atoms with Crippen LogP contribution in [0.15, 0.2) is 29.8 Å². The SMILES string of the molecule is Cc1cc(O)c2c(c1)[C@@H](O)CC1=C2C(=O)c2c(O)ccc(O[C@H]3C[C@@H](O)[C@H](O[C@H]4C[C@@H](O[C@H]5CC[C@H](O[C@H]6C[C@@H](O)[C@H](O[C@H]7C[C@@H](O[C@H]8CC[C@H](O)C(C)O8)[C@H](O)C(C)O7)C(C)O6)C(C)O5)[C@H](O)C(C)O4)C(C)O3)c2C1=O. The molecule has 6 heterocycles. The summed E-state index contributed by atoms with van der Waals surface area (Å²) in [6.07, 6.45) is -16.1. The minimum Gasteiger partial charge on any atom is -0.507 e. The first-order chi connectivity index (χ1) is 36.6. The Morgan fingerprint density at radius 3 is 1.58 bits per heavy atom. The van der Waals surface area contributed by atoms with Crippen molar-refractivity contribution in [1.82, 2.24) is 0 Å². The first-order valence-corrected chi connectivity index (χ1v) is 27.1. The maximum Gasteiger partial charge on any atom is 0.202 e. The zero-order valence-corrected chi connectivity index (χ0v) is 44.2. The molecule has 0 bridgehead atoms. The zero-order chi connectivity index (χ0) is 54.9. The van der Waals surface area contributed by atoms with Crippen LogP contribution in [0.25, 0.3) is 5.57 Å². The van der Waals surface area contributed by atoms with E-state index >= 15 is 0 Å². The van der Waals surface area contributed by atoms with E-state index < -0.39 is 159 Å². The van der Waals surface area contributed by atoms with Crippen LogP contribution in [0.1, 0.15) is 143 Å². The number of aromatic hydroxyl groups is 2. The number of aliphatic hydroxyl groups is 6. The van der Waals surface area contributed by atoms with E-state index in [0.717, 1.165) is 0 Å². The molecule has 10 rings (SSSR count). The van der Waals surface area contributed by atoms with E-state index in [1.165, 1.54) is 18.2 Å². The van der Waals surface area contributed by atoms with Gasteiger partial charge in [0.05, 0.1) is 90.5 Å². The molecule has 0 spiro atoms. The summed E-state index contributed by atoms with van der Waals surface area (Å²) in [5.41, 5.74) is 0.332. The number of phenolic OH excluding ortho intramolecular Hbond substituents is 2. The number of allylic oxidation sites excluding steroid dienone is 1. The highest BCUT2D eigenvalue weighted by Gasteiger charge is 2.49. The first kappa shape index (κ1) is 56.5. The molecule has 0 aromatic heterocycles. The normalized spacial score (nSPS) is 42.6. The molecule has 6 fully saturated rings. The number of ether oxygens (including phenoxy) is 12. The molecule has 2 aromatic rings. The smallest absolute Gasteiger partial charge is 0.202 e. The second kappa shape index (κ2) is 23.0. The van der Waals surface area contributed by atoms with Crippen LogP contribution >= 0.6 is 0 Å². The molecule has 6 saturated heterocycles. The number of hydrogen-bond donors (Lipinski definition) is 8. The molecule has 22 heteroatoms. The van der Waals surface area contributed by atoms with Gasteiger partial charge in [-0.3, -0.25) is 9.59 Å². The fourth-order valence-corrected chi connectivity index (χ4v) is 12.1. The Morgan fingerprint density at radius 1 is 0.481 bits per heavy atom. The van der Waals surface area contributed by atoms with E-state index in [4.69, 9.17) is 56.8 Å². The van der Waals surface area contributed by atoms with E-state index in [0.29, 0.717) is 36.8 Å². The second-order valence-corrected chi connectivity index (χ2v) is 22.1. The number of carbonyl (C=O) groups is 2. The van der Waals surface area contributed by atoms with Gasteiger partial charge in [-0.1, -0.05) is 6.07 Å². The molecule has 0 radical (unpaired) electrons. The number of ketones is 2. The van der Waals surface area contributed by atoms with Crippen LogP contribution in [0.2, 0.25) is 0 Å². The Bertz CT molecular complexity index is 2480. The van der Waals surface area contributed by atoms with E-state index in [1.807, 2.05) is 6.92 Å². The molecular formula is C55H74O22. The molecule has 22 nitrogen and oxygen atoms in total. The highest BCUT2D eigenvalue weighted by Crippen LogP contribution is 2.50. The quantitative estimate of drug-likeness (QED) is 0.151. The summed E-state index contributed by atoms with van der Waals surface area (Å²) in [5.74, 6) is -2.22. The van der Waals surface area contributed by atoms with Crippen molar-refractivity contribution in [3.05, 3.63) is 57.7 Å². The summed E-state index contributed by atoms with van der Waals surface area (Å²) in [5, 5.41) is 87.9. The Labute approximate surface area is 445 Å².